The molecular weight excluding hydrogens is 400 g/mol. The molecule has 9 heteroatoms. The Labute approximate surface area is 174 Å². The molecule has 30 heavy (non-hydrogen) atoms. The van der Waals surface area contributed by atoms with Crippen LogP contribution >= 0.6 is 11.3 Å². The Morgan fingerprint density at radius 3 is 2.53 bits per heavy atom. The monoisotopic (exact) mass is 416 g/mol. The van der Waals surface area contributed by atoms with E-state index in [4.69, 9.17) is 10.5 Å². The van der Waals surface area contributed by atoms with E-state index in [-0.39, 0.29) is 5.56 Å². The van der Waals surface area contributed by atoms with Gasteiger partial charge in [-0.15, -0.1) is 11.3 Å². The molecule has 0 spiro atoms. The van der Waals surface area contributed by atoms with Gasteiger partial charge in [-0.3, -0.25) is 9.36 Å². The van der Waals surface area contributed by atoms with E-state index >= 15 is 0 Å². The maximum absolute atomic E-state index is 13.2. The van der Waals surface area contributed by atoms with Gasteiger partial charge in [0.25, 0.3) is 5.56 Å². The molecule has 0 bridgehead atoms. The third kappa shape index (κ3) is 3.01. The minimum absolute atomic E-state index is 0.161. The number of anilines is 3. The van der Waals surface area contributed by atoms with Gasteiger partial charge in [-0.25, -0.2) is 15.0 Å². The molecule has 0 aliphatic carbocycles. The number of thiophene rings is 1. The predicted molar refractivity (Wildman–Crippen MR) is 119 cm³/mol. The lowest BCUT2D eigenvalue weighted by molar-refractivity contribution is 0.414. The number of nitrogens with zero attached hydrogens (tertiary/aromatic N) is 4. The van der Waals surface area contributed by atoms with Gasteiger partial charge in [0.2, 0.25) is 0 Å². The summed E-state index contributed by atoms with van der Waals surface area (Å²) in [5, 5.41) is 3.98. The Morgan fingerprint density at radius 1 is 1.03 bits per heavy atom. The number of methoxy groups -OCH3 is 1. The van der Waals surface area contributed by atoms with Crippen LogP contribution in [0.5, 0.6) is 5.75 Å². The number of hydrogen-bond acceptors (Lipinski definition) is 8. The summed E-state index contributed by atoms with van der Waals surface area (Å²) in [5.41, 5.74) is 8.38. The first-order valence-corrected chi connectivity index (χ1v) is 9.87. The first kappa shape index (κ1) is 18.1. The van der Waals surface area contributed by atoms with Gasteiger partial charge in [-0.1, -0.05) is 0 Å². The second-order valence-electron chi connectivity index (χ2n) is 6.55. The highest BCUT2D eigenvalue weighted by molar-refractivity contribution is 7.25. The molecule has 2 aromatic carbocycles. The molecule has 0 saturated carbocycles. The summed E-state index contributed by atoms with van der Waals surface area (Å²) in [6.45, 7) is 0. The fourth-order valence-corrected chi connectivity index (χ4v) is 4.21. The van der Waals surface area contributed by atoms with Crippen LogP contribution in [0.4, 0.5) is 17.2 Å². The number of hydrogen-bond donors (Lipinski definition) is 2. The smallest absolute Gasteiger partial charge is 0.275 e. The molecule has 0 aliphatic heterocycles. The van der Waals surface area contributed by atoms with Crippen molar-refractivity contribution in [3.8, 4) is 11.4 Å². The SMILES string of the molecule is COc1ccc(-n2cnc3c(sc4ncnc(Nc5ccc(N)cc5)c43)c2=O)cc1. The van der Waals surface area contributed by atoms with Crippen molar-refractivity contribution < 1.29 is 4.74 Å². The zero-order valence-corrected chi connectivity index (χ0v) is 16.7. The lowest BCUT2D eigenvalue weighted by Crippen LogP contribution is -2.17. The Morgan fingerprint density at radius 2 is 1.80 bits per heavy atom. The molecule has 3 N–H and O–H groups in total. The van der Waals surface area contributed by atoms with Crippen LogP contribution in [0.2, 0.25) is 0 Å². The molecule has 3 aromatic heterocycles. The lowest BCUT2D eigenvalue weighted by atomic mass is 10.2. The van der Waals surface area contributed by atoms with Gasteiger partial charge >= 0.3 is 0 Å². The quantitative estimate of drug-likeness (QED) is 0.430. The summed E-state index contributed by atoms with van der Waals surface area (Å²) >= 11 is 1.30. The van der Waals surface area contributed by atoms with E-state index in [1.54, 1.807) is 31.4 Å². The average Bonchev–Trinajstić information content (AvgIpc) is 3.16. The summed E-state index contributed by atoms with van der Waals surface area (Å²) < 4.78 is 7.21. The number of nitrogen functional groups attached to an aromatic ring is 1. The summed E-state index contributed by atoms with van der Waals surface area (Å²) in [6.07, 6.45) is 3.00. The normalized spacial score (nSPS) is 11.1. The van der Waals surface area contributed by atoms with E-state index in [1.807, 2.05) is 24.3 Å². The summed E-state index contributed by atoms with van der Waals surface area (Å²) in [6, 6.07) is 14.6. The van der Waals surface area contributed by atoms with E-state index in [0.717, 1.165) is 11.4 Å². The van der Waals surface area contributed by atoms with Crippen molar-refractivity contribution in [3.63, 3.8) is 0 Å². The number of nitrogens with one attached hydrogen (secondary N) is 1. The number of rotatable bonds is 4. The molecule has 0 atom stereocenters. The second kappa shape index (κ2) is 7.12. The standard InChI is InChI=1S/C21H16N6O2S/c1-29-15-8-6-14(7-9-15)27-11-25-17-16-19(26-13-4-2-12(22)3-5-13)23-10-24-20(16)30-18(17)21(27)28/h2-11H,22H2,1H3,(H,23,24,26). The maximum atomic E-state index is 13.2. The highest BCUT2D eigenvalue weighted by Crippen LogP contribution is 2.34. The fourth-order valence-electron chi connectivity index (χ4n) is 3.19. The van der Waals surface area contributed by atoms with Crippen molar-refractivity contribution in [1.82, 2.24) is 19.5 Å². The van der Waals surface area contributed by atoms with Crippen molar-refractivity contribution in [2.45, 2.75) is 0 Å². The number of nitrogens with two attached hydrogens (primary N) is 1. The van der Waals surface area contributed by atoms with Gasteiger partial charge in [0, 0.05) is 11.4 Å². The topological polar surface area (TPSA) is 108 Å². The van der Waals surface area contributed by atoms with E-state index in [2.05, 4.69) is 20.3 Å². The molecule has 5 aromatic rings. The highest BCUT2D eigenvalue weighted by Gasteiger charge is 2.17. The molecule has 3 heterocycles. The Balaban J connectivity index is 1.65. The minimum Gasteiger partial charge on any atom is -0.497 e. The third-order valence-corrected chi connectivity index (χ3v) is 5.78. The predicted octanol–water partition coefficient (Wildman–Crippen LogP) is 3.72. The summed E-state index contributed by atoms with van der Waals surface area (Å²) in [5.74, 6) is 1.31. The first-order chi connectivity index (χ1) is 14.6. The summed E-state index contributed by atoms with van der Waals surface area (Å²) in [7, 11) is 1.60. The highest BCUT2D eigenvalue weighted by atomic mass is 32.1. The van der Waals surface area contributed by atoms with Crippen LogP contribution in [0.15, 0.2) is 66.0 Å². The lowest BCUT2D eigenvalue weighted by Gasteiger charge is -2.08. The summed E-state index contributed by atoms with van der Waals surface area (Å²) in [4.78, 5) is 27.1. The van der Waals surface area contributed by atoms with Crippen LogP contribution in [-0.2, 0) is 0 Å². The number of benzene rings is 2. The minimum atomic E-state index is -0.161. The van der Waals surface area contributed by atoms with Crippen LogP contribution in [0.1, 0.15) is 0 Å². The third-order valence-electron chi connectivity index (χ3n) is 4.70. The van der Waals surface area contributed by atoms with Gasteiger partial charge in [0.05, 0.1) is 18.2 Å². The van der Waals surface area contributed by atoms with Crippen molar-refractivity contribution in [3.05, 3.63) is 71.5 Å². The number of fused-ring (bicyclic) bond motifs is 3. The van der Waals surface area contributed by atoms with E-state index < -0.39 is 0 Å². The molecule has 5 rings (SSSR count). The van der Waals surface area contributed by atoms with Gasteiger partial charge in [-0.05, 0) is 48.5 Å². The van der Waals surface area contributed by atoms with Crippen molar-refractivity contribution in [2.24, 2.45) is 0 Å². The van der Waals surface area contributed by atoms with E-state index in [0.29, 0.717) is 37.6 Å². The van der Waals surface area contributed by atoms with Crippen LogP contribution in [0.3, 0.4) is 0 Å². The number of ether oxygens (including phenoxy) is 1. The van der Waals surface area contributed by atoms with E-state index in [1.165, 1.54) is 28.6 Å². The molecule has 0 saturated heterocycles. The Bertz CT molecular complexity index is 1420. The molecule has 0 aliphatic rings. The molecule has 0 amide bonds. The Hall–Kier alpha value is -3.98. The van der Waals surface area contributed by atoms with Crippen LogP contribution in [-0.4, -0.2) is 26.6 Å². The van der Waals surface area contributed by atoms with Gasteiger partial charge in [0.15, 0.2) is 0 Å². The van der Waals surface area contributed by atoms with Gasteiger partial charge < -0.3 is 15.8 Å². The molecule has 0 radical (unpaired) electrons. The molecule has 0 fully saturated rings. The zero-order chi connectivity index (χ0) is 20.7. The average molecular weight is 416 g/mol. The van der Waals surface area contributed by atoms with Crippen molar-refractivity contribution in [1.29, 1.82) is 0 Å². The van der Waals surface area contributed by atoms with Crippen LogP contribution < -0.4 is 21.3 Å². The maximum Gasteiger partial charge on any atom is 0.275 e. The number of aromatic nitrogens is 4. The molecule has 0 unspecified atom stereocenters. The second-order valence-corrected chi connectivity index (χ2v) is 7.55. The molecular formula is C21H16N6O2S. The Kier molecular flexibility index (Phi) is 4.29. The van der Waals surface area contributed by atoms with Crippen molar-refractivity contribution in [2.75, 3.05) is 18.2 Å². The van der Waals surface area contributed by atoms with E-state index in [9.17, 15) is 4.79 Å². The first-order valence-electron chi connectivity index (χ1n) is 9.06. The largest absolute Gasteiger partial charge is 0.497 e. The van der Waals surface area contributed by atoms with Crippen molar-refractivity contribution >= 4 is 49.0 Å². The molecule has 8 nitrogen and oxygen atoms in total. The van der Waals surface area contributed by atoms with Crippen LogP contribution in [0, 0.1) is 0 Å². The van der Waals surface area contributed by atoms with Gasteiger partial charge in [-0.2, -0.15) is 0 Å². The van der Waals surface area contributed by atoms with Gasteiger partial charge in [0.1, 0.15) is 39.3 Å². The fraction of sp³-hybridized carbons (Fsp3) is 0.0476. The van der Waals surface area contributed by atoms with Crippen LogP contribution in [0.25, 0.3) is 26.1 Å². The molecule has 148 valence electrons. The zero-order valence-electron chi connectivity index (χ0n) is 15.9.